The molecule has 18 unspecified atom stereocenters. The average molecular weight is 1220 g/mol. The van der Waals surface area contributed by atoms with Gasteiger partial charge in [-0.1, -0.05) is 173 Å². The molecule has 23 heteroatoms. The molecular formula is C62H112N2O21. The maximum atomic E-state index is 13.4. The van der Waals surface area contributed by atoms with Crippen molar-refractivity contribution in [2.75, 3.05) is 26.4 Å². The van der Waals surface area contributed by atoms with Crippen molar-refractivity contribution in [1.82, 2.24) is 10.6 Å². The highest BCUT2D eigenvalue weighted by Crippen LogP contribution is 2.38. The van der Waals surface area contributed by atoms with Crippen LogP contribution in [0.25, 0.3) is 0 Å². The van der Waals surface area contributed by atoms with Gasteiger partial charge in [0.15, 0.2) is 12.6 Å². The zero-order chi connectivity index (χ0) is 62.6. The molecule has 18 atom stereocenters. The van der Waals surface area contributed by atoms with Crippen LogP contribution in [0.15, 0.2) is 24.3 Å². The fraction of sp³-hybridized carbons (Fsp3) is 0.887. The number of carbonyl (C=O) groups is 3. The van der Waals surface area contributed by atoms with Crippen molar-refractivity contribution < 1.29 is 104 Å². The van der Waals surface area contributed by atoms with Gasteiger partial charge < -0.3 is 100 Å². The summed E-state index contributed by atoms with van der Waals surface area (Å²) in [5.74, 6) is -6.15. The van der Waals surface area contributed by atoms with E-state index in [0.29, 0.717) is 12.8 Å². The maximum Gasteiger partial charge on any atom is 0.364 e. The summed E-state index contributed by atoms with van der Waals surface area (Å²) < 4.78 is 34.7. The van der Waals surface area contributed by atoms with Crippen LogP contribution in [0.3, 0.4) is 0 Å². The number of amides is 2. The number of carboxylic acids is 1. The molecule has 0 spiro atoms. The quantitative estimate of drug-likeness (QED) is 0.0301. The Hall–Kier alpha value is -2.79. The third-order valence-corrected chi connectivity index (χ3v) is 16.4. The van der Waals surface area contributed by atoms with Crippen molar-refractivity contribution in [3.05, 3.63) is 24.3 Å². The second kappa shape index (κ2) is 43.8. The van der Waals surface area contributed by atoms with Crippen molar-refractivity contribution in [2.45, 2.75) is 323 Å². The number of hydrogen-bond donors (Lipinski definition) is 14. The van der Waals surface area contributed by atoms with E-state index in [9.17, 15) is 75.7 Å². The highest BCUT2D eigenvalue weighted by molar-refractivity contribution is 5.77. The second-order valence-electron chi connectivity index (χ2n) is 23.6. The monoisotopic (exact) mass is 1220 g/mol. The normalized spacial score (nSPS) is 29.7. The molecule has 0 aromatic carbocycles. The number of rotatable bonds is 47. The molecule has 23 nitrogen and oxygen atoms in total. The molecule has 3 aliphatic rings. The molecule has 3 aliphatic heterocycles. The number of nitrogens with one attached hydrogen (secondary N) is 2. The van der Waals surface area contributed by atoms with E-state index in [1.165, 1.54) is 96.3 Å². The average Bonchev–Trinajstić information content (AvgIpc) is 1.27. The minimum atomic E-state index is -3.08. The number of unbranched alkanes of at least 4 members (excludes halogenated alkanes) is 25. The van der Waals surface area contributed by atoms with Crippen LogP contribution in [0.4, 0.5) is 0 Å². The van der Waals surface area contributed by atoms with Crippen LogP contribution >= 0.6 is 0 Å². The Labute approximate surface area is 504 Å². The van der Waals surface area contributed by atoms with E-state index in [2.05, 4.69) is 36.6 Å². The van der Waals surface area contributed by atoms with Crippen molar-refractivity contribution in [2.24, 2.45) is 0 Å². The standard InChI is InChI=1S/C62H112N2O21/c1-4-6-8-10-12-14-16-18-20-22-23-25-27-29-31-33-35-44(69)43(64-49(72)36-34-32-30-28-26-24-21-19-17-15-13-11-9-7-5-2)41-80-59-54(76)53(75)56(48(40-67)82-59)83-60-55(77)58(52(74)47(39-66)81-60)85-62(61(78)79)37-45(70)50(63-42(3)68)57(84-62)51(73)46(71)38-65/h15,17,33,35,43-48,50-60,65-67,69-71,73-77H,4-14,16,18-32,34,36-41H2,1-3H3,(H,63,68)(H,64,72)(H,78,79)/b17-15-,35-33+. The van der Waals surface area contributed by atoms with Crippen LogP contribution in [-0.2, 0) is 42.8 Å². The first-order chi connectivity index (χ1) is 40.9. The second-order valence-corrected chi connectivity index (χ2v) is 23.6. The molecule has 2 amide bonds. The Morgan fingerprint density at radius 2 is 1.11 bits per heavy atom. The molecule has 3 rings (SSSR count). The number of aliphatic hydroxyl groups excluding tert-OH is 11. The van der Waals surface area contributed by atoms with Gasteiger partial charge in [0.05, 0.1) is 50.7 Å². The number of carbonyl (C=O) groups excluding carboxylic acids is 2. The van der Waals surface area contributed by atoms with Crippen molar-refractivity contribution in [3.8, 4) is 0 Å². The highest BCUT2D eigenvalue weighted by atomic mass is 16.8. The molecule has 0 radical (unpaired) electrons. The first-order valence-corrected chi connectivity index (χ1v) is 32.2. The van der Waals surface area contributed by atoms with Crippen LogP contribution < -0.4 is 10.6 Å². The number of allylic oxidation sites excluding steroid dienone is 3. The molecule has 0 saturated carbocycles. The Bertz CT molecular complexity index is 1830. The van der Waals surface area contributed by atoms with E-state index in [0.717, 1.165) is 77.6 Å². The molecule has 0 aromatic rings. The Kier molecular flexibility index (Phi) is 39.4. The predicted octanol–water partition coefficient (Wildman–Crippen LogP) is 4.11. The number of ether oxygens (including phenoxy) is 6. The lowest BCUT2D eigenvalue weighted by Gasteiger charge is -2.50. The van der Waals surface area contributed by atoms with Gasteiger partial charge in [0.2, 0.25) is 11.8 Å². The van der Waals surface area contributed by atoms with Gasteiger partial charge in [0.1, 0.15) is 67.1 Å². The third-order valence-electron chi connectivity index (χ3n) is 16.4. The lowest BCUT2D eigenvalue weighted by atomic mass is 9.88. The van der Waals surface area contributed by atoms with Crippen LogP contribution in [0.2, 0.25) is 0 Å². The summed E-state index contributed by atoms with van der Waals surface area (Å²) in [6.07, 6.45) is 10.9. The minimum Gasteiger partial charge on any atom is -0.477 e. The van der Waals surface area contributed by atoms with Crippen LogP contribution in [0.1, 0.15) is 213 Å². The smallest absolute Gasteiger partial charge is 0.364 e. The molecular weight excluding hydrogens is 1110 g/mol. The van der Waals surface area contributed by atoms with E-state index in [1.807, 2.05) is 6.08 Å². The van der Waals surface area contributed by atoms with E-state index in [4.69, 9.17) is 28.4 Å². The van der Waals surface area contributed by atoms with Crippen LogP contribution in [0.5, 0.6) is 0 Å². The van der Waals surface area contributed by atoms with E-state index >= 15 is 0 Å². The molecule has 496 valence electrons. The zero-order valence-electron chi connectivity index (χ0n) is 51.2. The summed E-state index contributed by atoms with van der Waals surface area (Å²) in [7, 11) is 0. The van der Waals surface area contributed by atoms with Gasteiger partial charge >= 0.3 is 5.97 Å². The van der Waals surface area contributed by atoms with Gasteiger partial charge in [-0.2, -0.15) is 0 Å². The Morgan fingerprint density at radius 1 is 0.612 bits per heavy atom. The van der Waals surface area contributed by atoms with Gasteiger partial charge in [0.25, 0.3) is 5.79 Å². The van der Waals surface area contributed by atoms with Crippen molar-refractivity contribution in [1.29, 1.82) is 0 Å². The fourth-order valence-corrected chi connectivity index (χ4v) is 11.2. The SMILES string of the molecule is CCCCCC/C=C\CCCCCCCCCC(=O)NC(COC1OC(CO)C(OC2OC(CO)C(O)C(OC3(C(=O)O)CC(O)C(NC(C)=O)C(C(O)C(O)CO)O3)C2O)C(O)C1O)C(O)/C=C/CCCCCCCCCCCCCCCC. The summed E-state index contributed by atoms with van der Waals surface area (Å²) in [4.78, 5) is 38.4. The summed E-state index contributed by atoms with van der Waals surface area (Å²) in [6.45, 7) is 2.09. The lowest BCUT2D eigenvalue weighted by molar-refractivity contribution is -0.386. The maximum absolute atomic E-state index is 13.4. The van der Waals surface area contributed by atoms with E-state index in [-0.39, 0.29) is 12.3 Å². The summed E-state index contributed by atoms with van der Waals surface area (Å²) in [6, 6.07) is -2.62. The lowest BCUT2D eigenvalue weighted by Crippen LogP contribution is -2.70. The topological polar surface area (TPSA) is 373 Å². The number of aliphatic carboxylic acids is 1. The van der Waals surface area contributed by atoms with E-state index in [1.54, 1.807) is 6.08 Å². The number of carboxylic acid groups (broad SMARTS) is 1. The summed E-state index contributed by atoms with van der Waals surface area (Å²) >= 11 is 0. The fourth-order valence-electron chi connectivity index (χ4n) is 11.2. The Balaban J connectivity index is 1.65. The first kappa shape index (κ1) is 76.5. The van der Waals surface area contributed by atoms with Gasteiger partial charge in [-0.3, -0.25) is 9.59 Å². The molecule has 3 fully saturated rings. The number of aliphatic hydroxyl groups is 11. The largest absolute Gasteiger partial charge is 0.477 e. The predicted molar refractivity (Wildman–Crippen MR) is 315 cm³/mol. The summed E-state index contributed by atoms with van der Waals surface area (Å²) in [5, 5.41) is 136. The minimum absolute atomic E-state index is 0.195. The number of hydrogen-bond acceptors (Lipinski definition) is 20. The molecule has 0 aromatic heterocycles. The Morgan fingerprint density at radius 3 is 1.61 bits per heavy atom. The van der Waals surface area contributed by atoms with Gasteiger partial charge in [0, 0.05) is 19.8 Å². The first-order valence-electron chi connectivity index (χ1n) is 32.2. The van der Waals surface area contributed by atoms with Crippen molar-refractivity contribution >= 4 is 17.8 Å². The van der Waals surface area contributed by atoms with Gasteiger partial charge in [-0.25, -0.2) is 4.79 Å². The summed E-state index contributed by atoms with van der Waals surface area (Å²) in [5.41, 5.74) is 0. The van der Waals surface area contributed by atoms with Gasteiger partial charge in [-0.15, -0.1) is 0 Å². The molecule has 85 heavy (non-hydrogen) atoms. The molecule has 3 heterocycles. The molecule has 0 aliphatic carbocycles. The highest BCUT2D eigenvalue weighted by Gasteiger charge is 2.60. The van der Waals surface area contributed by atoms with Crippen LogP contribution in [-0.4, -0.2) is 215 Å². The van der Waals surface area contributed by atoms with Crippen LogP contribution in [0, 0.1) is 0 Å². The molecule has 14 N–H and O–H groups in total. The zero-order valence-corrected chi connectivity index (χ0v) is 51.2. The van der Waals surface area contributed by atoms with E-state index < -0.39 is 155 Å². The molecule has 3 saturated heterocycles. The van der Waals surface area contributed by atoms with Gasteiger partial charge in [-0.05, 0) is 44.9 Å². The molecule has 0 bridgehead atoms. The van der Waals surface area contributed by atoms with Crippen molar-refractivity contribution in [3.63, 3.8) is 0 Å². The third kappa shape index (κ3) is 27.5.